The molecule has 0 spiro atoms. The van der Waals surface area contributed by atoms with E-state index in [4.69, 9.17) is 0 Å². The number of nitrogens with zero attached hydrogens (tertiary/aromatic N) is 2. The molecule has 2 aromatic carbocycles. The number of carbonyl (C=O) groups is 2. The molecule has 218 valence electrons. The molecule has 2 aliphatic rings. The molecule has 0 saturated carbocycles. The number of benzene rings is 2. The molecule has 2 fully saturated rings. The molecule has 3 aromatic rings. The number of para-hydroxylation sites is 1. The Bertz CT molecular complexity index is 1380. The summed E-state index contributed by atoms with van der Waals surface area (Å²) in [5.74, 6) is 0.588. The number of alkyl halides is 3. The highest BCUT2D eigenvalue weighted by molar-refractivity contribution is 5.91. The number of hydrogen-bond acceptors (Lipinski definition) is 3. The summed E-state index contributed by atoms with van der Waals surface area (Å²) in [5.41, 5.74) is 2.15. The normalized spacial score (nSPS) is 18.7. The number of aromatic nitrogens is 1. The Morgan fingerprint density at radius 1 is 1.02 bits per heavy atom. The summed E-state index contributed by atoms with van der Waals surface area (Å²) < 4.78 is 39.0. The van der Waals surface area contributed by atoms with Crippen molar-refractivity contribution in [3.63, 3.8) is 0 Å². The summed E-state index contributed by atoms with van der Waals surface area (Å²) in [4.78, 5) is 32.3. The average Bonchev–Trinajstić information content (AvgIpc) is 3.40. The standard InChI is InChI=1S/C32H37F3N4O2/c1-22(40)36-21-30(38-15-11-24(12-16-38)28-20-37-29-8-3-2-7-27(28)29)25-13-17-39(18-14-25)31(41)10-9-23-5-4-6-26(19-23)32(33,34)35/h2-10,19-20,24-25,30,37H,11-18,21H2,1H3,(H,36,40)/b10-9+. The van der Waals surface area contributed by atoms with E-state index in [-0.39, 0.29) is 17.9 Å². The summed E-state index contributed by atoms with van der Waals surface area (Å²) in [6.07, 6.45) is 4.27. The van der Waals surface area contributed by atoms with Gasteiger partial charge in [-0.3, -0.25) is 14.5 Å². The molecule has 5 rings (SSSR count). The number of H-pyrrole nitrogens is 1. The Morgan fingerprint density at radius 2 is 1.76 bits per heavy atom. The van der Waals surface area contributed by atoms with Crippen LogP contribution in [-0.4, -0.2) is 65.4 Å². The fraction of sp³-hybridized carbons (Fsp3) is 0.438. The first-order valence-corrected chi connectivity index (χ1v) is 14.4. The van der Waals surface area contributed by atoms with Gasteiger partial charge < -0.3 is 15.2 Å². The minimum atomic E-state index is -4.42. The smallest absolute Gasteiger partial charge is 0.361 e. The minimum absolute atomic E-state index is 0.0454. The number of hydrogen-bond donors (Lipinski definition) is 2. The van der Waals surface area contributed by atoms with E-state index >= 15 is 0 Å². The van der Waals surface area contributed by atoms with E-state index in [1.807, 2.05) is 6.07 Å². The van der Waals surface area contributed by atoms with Crippen molar-refractivity contribution in [1.82, 2.24) is 20.1 Å². The number of fused-ring (bicyclic) bond motifs is 1. The van der Waals surface area contributed by atoms with Gasteiger partial charge in [0, 0.05) is 55.8 Å². The topological polar surface area (TPSA) is 68.4 Å². The molecule has 1 aromatic heterocycles. The van der Waals surface area contributed by atoms with Crippen molar-refractivity contribution in [2.75, 3.05) is 32.7 Å². The second-order valence-corrected chi connectivity index (χ2v) is 11.2. The first-order valence-electron chi connectivity index (χ1n) is 14.4. The lowest BCUT2D eigenvalue weighted by molar-refractivity contribution is -0.137. The van der Waals surface area contributed by atoms with E-state index in [0.29, 0.717) is 37.0 Å². The van der Waals surface area contributed by atoms with Crippen molar-refractivity contribution in [2.24, 2.45) is 5.92 Å². The maximum absolute atomic E-state index is 13.0. The third-order valence-corrected chi connectivity index (χ3v) is 8.65. The number of piperidine rings is 2. The molecular weight excluding hydrogens is 529 g/mol. The van der Waals surface area contributed by atoms with Gasteiger partial charge in [0.05, 0.1) is 5.56 Å². The van der Waals surface area contributed by atoms with E-state index in [1.165, 1.54) is 41.6 Å². The fourth-order valence-corrected chi connectivity index (χ4v) is 6.41. The van der Waals surface area contributed by atoms with Gasteiger partial charge in [0.1, 0.15) is 0 Å². The summed E-state index contributed by atoms with van der Waals surface area (Å²) in [7, 11) is 0. The van der Waals surface area contributed by atoms with Crippen LogP contribution >= 0.6 is 0 Å². The lowest BCUT2D eigenvalue weighted by atomic mass is 9.84. The predicted molar refractivity (Wildman–Crippen MR) is 154 cm³/mol. The third kappa shape index (κ3) is 7.01. The maximum atomic E-state index is 13.0. The van der Waals surface area contributed by atoms with E-state index in [9.17, 15) is 22.8 Å². The van der Waals surface area contributed by atoms with Crippen LogP contribution in [0.25, 0.3) is 17.0 Å². The number of carbonyl (C=O) groups excluding carboxylic acids is 2. The van der Waals surface area contributed by atoms with Crippen LogP contribution in [0, 0.1) is 5.92 Å². The van der Waals surface area contributed by atoms with Crippen LogP contribution in [0.3, 0.4) is 0 Å². The highest BCUT2D eigenvalue weighted by Gasteiger charge is 2.34. The number of rotatable bonds is 7. The van der Waals surface area contributed by atoms with Gasteiger partial charge in [-0.2, -0.15) is 13.2 Å². The zero-order chi connectivity index (χ0) is 29.0. The van der Waals surface area contributed by atoms with Gasteiger partial charge in [-0.1, -0.05) is 30.3 Å². The number of amides is 2. The summed E-state index contributed by atoms with van der Waals surface area (Å²) in [6, 6.07) is 13.6. The van der Waals surface area contributed by atoms with Crippen molar-refractivity contribution in [1.29, 1.82) is 0 Å². The fourth-order valence-electron chi connectivity index (χ4n) is 6.41. The SMILES string of the molecule is CC(=O)NCC(C1CCN(C(=O)/C=C/c2cccc(C(F)(F)F)c2)CC1)N1CCC(c2c[nH]c3ccccc23)CC1. The van der Waals surface area contributed by atoms with Gasteiger partial charge in [0.2, 0.25) is 11.8 Å². The molecule has 9 heteroatoms. The molecule has 0 bridgehead atoms. The largest absolute Gasteiger partial charge is 0.416 e. The third-order valence-electron chi connectivity index (χ3n) is 8.65. The molecular formula is C32H37F3N4O2. The Kier molecular flexibility index (Phi) is 8.82. The number of aromatic amines is 1. The van der Waals surface area contributed by atoms with E-state index in [0.717, 1.165) is 50.9 Å². The first kappa shape index (κ1) is 28.9. The van der Waals surface area contributed by atoms with Crippen molar-refractivity contribution in [3.8, 4) is 0 Å². The van der Waals surface area contributed by atoms with Gasteiger partial charge in [0.15, 0.2) is 0 Å². The molecule has 1 atom stereocenters. The Hall–Kier alpha value is -3.59. The molecule has 41 heavy (non-hydrogen) atoms. The highest BCUT2D eigenvalue weighted by atomic mass is 19.4. The number of halogens is 3. The number of likely N-dealkylation sites (tertiary alicyclic amines) is 2. The summed E-state index contributed by atoms with van der Waals surface area (Å²) in [6.45, 7) is 5.19. The second-order valence-electron chi connectivity index (χ2n) is 11.2. The van der Waals surface area contributed by atoms with Crippen molar-refractivity contribution >= 4 is 28.8 Å². The molecule has 1 unspecified atom stereocenters. The van der Waals surface area contributed by atoms with Crippen LogP contribution in [0.2, 0.25) is 0 Å². The monoisotopic (exact) mass is 566 g/mol. The maximum Gasteiger partial charge on any atom is 0.416 e. The Labute approximate surface area is 238 Å². The minimum Gasteiger partial charge on any atom is -0.361 e. The molecule has 3 heterocycles. The van der Waals surface area contributed by atoms with Crippen molar-refractivity contribution < 1.29 is 22.8 Å². The van der Waals surface area contributed by atoms with E-state index in [1.54, 1.807) is 11.0 Å². The van der Waals surface area contributed by atoms with Gasteiger partial charge in [-0.15, -0.1) is 0 Å². The molecule has 2 N–H and O–H groups in total. The highest BCUT2D eigenvalue weighted by Crippen LogP contribution is 2.35. The summed E-state index contributed by atoms with van der Waals surface area (Å²) in [5, 5.41) is 4.32. The lowest BCUT2D eigenvalue weighted by Gasteiger charge is -2.44. The van der Waals surface area contributed by atoms with Gasteiger partial charge in [0.25, 0.3) is 0 Å². The van der Waals surface area contributed by atoms with E-state index in [2.05, 4.69) is 39.6 Å². The zero-order valence-electron chi connectivity index (χ0n) is 23.3. The van der Waals surface area contributed by atoms with Crippen LogP contribution in [-0.2, 0) is 15.8 Å². The van der Waals surface area contributed by atoms with E-state index < -0.39 is 11.7 Å². The van der Waals surface area contributed by atoms with Crippen LogP contribution in [0.15, 0.2) is 60.8 Å². The molecule has 2 aliphatic heterocycles. The number of nitrogens with one attached hydrogen (secondary N) is 2. The van der Waals surface area contributed by atoms with Crippen LogP contribution in [0.5, 0.6) is 0 Å². The summed E-state index contributed by atoms with van der Waals surface area (Å²) >= 11 is 0. The van der Waals surface area contributed by atoms with Crippen LogP contribution in [0.4, 0.5) is 13.2 Å². The van der Waals surface area contributed by atoms with Gasteiger partial charge >= 0.3 is 6.18 Å². The van der Waals surface area contributed by atoms with Gasteiger partial charge in [-0.25, -0.2) is 0 Å². The van der Waals surface area contributed by atoms with Gasteiger partial charge in [-0.05, 0) is 86.0 Å². The molecule has 6 nitrogen and oxygen atoms in total. The zero-order valence-corrected chi connectivity index (χ0v) is 23.3. The average molecular weight is 567 g/mol. The first-order chi connectivity index (χ1) is 19.7. The Balaban J connectivity index is 1.18. The Morgan fingerprint density at radius 3 is 2.46 bits per heavy atom. The molecule has 2 saturated heterocycles. The lowest BCUT2D eigenvalue weighted by Crippen LogP contribution is -2.53. The molecule has 0 aliphatic carbocycles. The molecule has 0 radical (unpaired) electrons. The van der Waals surface area contributed by atoms with Crippen LogP contribution in [0.1, 0.15) is 55.2 Å². The second kappa shape index (κ2) is 12.5. The van der Waals surface area contributed by atoms with Crippen molar-refractivity contribution in [3.05, 3.63) is 77.5 Å². The molecule has 2 amide bonds. The quantitative estimate of drug-likeness (QED) is 0.354. The van der Waals surface area contributed by atoms with Crippen LogP contribution < -0.4 is 5.32 Å². The predicted octanol–water partition coefficient (Wildman–Crippen LogP) is 5.82. The van der Waals surface area contributed by atoms with Crippen molar-refractivity contribution in [2.45, 2.75) is 50.7 Å².